The van der Waals surface area contributed by atoms with Crippen molar-refractivity contribution in [1.82, 2.24) is 0 Å². The van der Waals surface area contributed by atoms with E-state index in [-0.39, 0.29) is 13.0 Å². The third kappa shape index (κ3) is 5.52. The SMILES string of the molecule is NC(C/C=C(\c1ccccc1)c1ccccc1OCc1cc(F)cc(F)c1)C(=O)O. The van der Waals surface area contributed by atoms with E-state index in [1.165, 1.54) is 12.1 Å². The third-order valence-corrected chi connectivity index (χ3v) is 4.47. The first-order chi connectivity index (χ1) is 14.4. The van der Waals surface area contributed by atoms with Crippen LogP contribution in [0.1, 0.15) is 23.1 Å². The van der Waals surface area contributed by atoms with Gasteiger partial charge in [-0.1, -0.05) is 54.6 Å². The lowest BCUT2D eigenvalue weighted by Gasteiger charge is -2.16. The molecule has 0 amide bonds. The van der Waals surface area contributed by atoms with Gasteiger partial charge >= 0.3 is 5.97 Å². The number of carbonyl (C=O) groups is 1. The van der Waals surface area contributed by atoms with Crippen LogP contribution in [0.4, 0.5) is 8.78 Å². The Morgan fingerprint density at radius 3 is 2.30 bits per heavy atom. The highest BCUT2D eigenvalue weighted by Crippen LogP contribution is 2.32. The third-order valence-electron chi connectivity index (χ3n) is 4.47. The maximum absolute atomic E-state index is 13.5. The van der Waals surface area contributed by atoms with Crippen LogP contribution in [0.5, 0.6) is 5.75 Å². The lowest BCUT2D eigenvalue weighted by molar-refractivity contribution is -0.138. The Bertz CT molecular complexity index is 1030. The van der Waals surface area contributed by atoms with E-state index in [1.807, 2.05) is 42.5 Å². The summed E-state index contributed by atoms with van der Waals surface area (Å²) >= 11 is 0. The van der Waals surface area contributed by atoms with Crippen LogP contribution in [0.25, 0.3) is 5.57 Å². The predicted octanol–water partition coefficient (Wildman–Crippen LogP) is 4.78. The maximum atomic E-state index is 13.5. The van der Waals surface area contributed by atoms with Crippen molar-refractivity contribution in [2.75, 3.05) is 0 Å². The molecule has 0 heterocycles. The molecule has 0 saturated carbocycles. The minimum Gasteiger partial charge on any atom is -0.488 e. The molecule has 154 valence electrons. The molecule has 0 saturated heterocycles. The molecule has 3 aromatic carbocycles. The average molecular weight is 409 g/mol. The van der Waals surface area contributed by atoms with Crippen LogP contribution in [0.2, 0.25) is 0 Å². The van der Waals surface area contributed by atoms with E-state index in [4.69, 9.17) is 15.6 Å². The molecule has 3 N–H and O–H groups in total. The van der Waals surface area contributed by atoms with Crippen LogP contribution in [-0.4, -0.2) is 17.1 Å². The van der Waals surface area contributed by atoms with E-state index in [0.717, 1.165) is 22.8 Å². The molecule has 0 aliphatic heterocycles. The fourth-order valence-corrected chi connectivity index (χ4v) is 3.02. The van der Waals surface area contributed by atoms with Crippen molar-refractivity contribution in [2.24, 2.45) is 5.73 Å². The number of para-hydroxylation sites is 1. The van der Waals surface area contributed by atoms with Crippen molar-refractivity contribution in [1.29, 1.82) is 0 Å². The maximum Gasteiger partial charge on any atom is 0.320 e. The minimum atomic E-state index is -1.09. The van der Waals surface area contributed by atoms with Crippen molar-refractivity contribution >= 4 is 11.5 Å². The number of aliphatic carboxylic acids is 1. The molecule has 0 aromatic heterocycles. The van der Waals surface area contributed by atoms with Crippen LogP contribution in [-0.2, 0) is 11.4 Å². The lowest BCUT2D eigenvalue weighted by atomic mass is 9.95. The average Bonchev–Trinajstić information content (AvgIpc) is 2.73. The number of carboxylic acid groups (broad SMARTS) is 1. The fourth-order valence-electron chi connectivity index (χ4n) is 3.02. The summed E-state index contributed by atoms with van der Waals surface area (Å²) in [4.78, 5) is 11.1. The molecule has 0 aliphatic carbocycles. The topological polar surface area (TPSA) is 72.5 Å². The van der Waals surface area contributed by atoms with Crippen LogP contribution in [0.15, 0.2) is 78.9 Å². The molecular formula is C24H21F2NO3. The first-order valence-electron chi connectivity index (χ1n) is 9.35. The Morgan fingerprint density at radius 1 is 1.00 bits per heavy atom. The standard InChI is InChI=1S/C24H21F2NO3/c25-18-12-16(13-19(26)14-18)15-30-23-9-5-4-8-21(23)20(10-11-22(27)24(28)29)17-6-2-1-3-7-17/h1-10,12-14,22H,11,15,27H2,(H,28,29)/b20-10+. The predicted molar refractivity (Wildman–Crippen MR) is 111 cm³/mol. The number of benzene rings is 3. The Kier molecular flexibility index (Phi) is 6.93. The van der Waals surface area contributed by atoms with E-state index >= 15 is 0 Å². The highest BCUT2D eigenvalue weighted by atomic mass is 19.1. The fraction of sp³-hybridized carbons (Fsp3) is 0.125. The summed E-state index contributed by atoms with van der Waals surface area (Å²) in [5.41, 5.74) is 8.38. The molecular weight excluding hydrogens is 388 g/mol. The summed E-state index contributed by atoms with van der Waals surface area (Å²) in [5.74, 6) is -1.93. The van der Waals surface area contributed by atoms with Gasteiger partial charge in [-0.25, -0.2) is 8.78 Å². The van der Waals surface area contributed by atoms with Crippen molar-refractivity contribution in [3.63, 3.8) is 0 Å². The van der Waals surface area contributed by atoms with E-state index in [0.29, 0.717) is 11.3 Å². The molecule has 1 unspecified atom stereocenters. The van der Waals surface area contributed by atoms with Gasteiger partial charge in [0.1, 0.15) is 30.0 Å². The van der Waals surface area contributed by atoms with Gasteiger partial charge in [-0.15, -0.1) is 0 Å². The van der Waals surface area contributed by atoms with Gasteiger partial charge in [-0.05, 0) is 41.3 Å². The van der Waals surface area contributed by atoms with Crippen molar-refractivity contribution in [3.8, 4) is 5.75 Å². The number of ether oxygens (including phenoxy) is 1. The summed E-state index contributed by atoms with van der Waals surface area (Å²) in [7, 11) is 0. The second kappa shape index (κ2) is 9.80. The van der Waals surface area contributed by atoms with Crippen molar-refractivity contribution in [3.05, 3.63) is 107 Å². The Morgan fingerprint density at radius 2 is 1.63 bits per heavy atom. The second-order valence-corrected chi connectivity index (χ2v) is 6.73. The summed E-state index contributed by atoms with van der Waals surface area (Å²) in [5, 5.41) is 9.11. The number of hydrogen-bond donors (Lipinski definition) is 2. The van der Waals surface area contributed by atoms with Crippen LogP contribution in [0.3, 0.4) is 0 Å². The second-order valence-electron chi connectivity index (χ2n) is 6.73. The highest BCUT2D eigenvalue weighted by Gasteiger charge is 2.14. The molecule has 0 radical (unpaired) electrons. The normalized spacial score (nSPS) is 12.4. The smallest absolute Gasteiger partial charge is 0.320 e. The molecule has 30 heavy (non-hydrogen) atoms. The summed E-state index contributed by atoms with van der Waals surface area (Å²) in [6.07, 6.45) is 1.89. The highest BCUT2D eigenvalue weighted by molar-refractivity contribution is 5.83. The summed E-state index contributed by atoms with van der Waals surface area (Å²) in [6, 6.07) is 18.8. The van der Waals surface area contributed by atoms with Crippen molar-refractivity contribution in [2.45, 2.75) is 19.1 Å². The largest absolute Gasteiger partial charge is 0.488 e. The van der Waals surface area contributed by atoms with Gasteiger partial charge in [0.25, 0.3) is 0 Å². The molecule has 0 bridgehead atoms. The Balaban J connectivity index is 1.94. The van der Waals surface area contributed by atoms with Crippen molar-refractivity contribution < 1.29 is 23.4 Å². The number of halogens is 2. The monoisotopic (exact) mass is 409 g/mol. The molecule has 0 spiro atoms. The van der Waals surface area contributed by atoms with E-state index in [1.54, 1.807) is 18.2 Å². The first kappa shape index (κ1) is 21.2. The summed E-state index contributed by atoms with van der Waals surface area (Å²) in [6.45, 7) is -0.0254. The molecule has 1 atom stereocenters. The van der Waals surface area contributed by atoms with E-state index in [2.05, 4.69) is 0 Å². The summed E-state index contributed by atoms with van der Waals surface area (Å²) < 4.78 is 32.8. The molecule has 3 rings (SSSR count). The van der Waals surface area contributed by atoms with Gasteiger partial charge in [0, 0.05) is 11.6 Å². The van der Waals surface area contributed by atoms with Crippen LogP contribution in [0, 0.1) is 11.6 Å². The molecule has 0 fully saturated rings. The molecule has 4 nitrogen and oxygen atoms in total. The van der Waals surface area contributed by atoms with Gasteiger partial charge < -0.3 is 15.6 Å². The van der Waals surface area contributed by atoms with E-state index in [9.17, 15) is 13.6 Å². The van der Waals surface area contributed by atoms with Gasteiger partial charge in [-0.3, -0.25) is 4.79 Å². The number of carboxylic acids is 1. The van der Waals surface area contributed by atoms with Gasteiger partial charge in [0.15, 0.2) is 0 Å². The Hall–Kier alpha value is -3.51. The molecule has 0 aliphatic rings. The van der Waals surface area contributed by atoms with Crippen LogP contribution >= 0.6 is 0 Å². The Labute approximate surface area is 173 Å². The van der Waals surface area contributed by atoms with Gasteiger partial charge in [0.2, 0.25) is 0 Å². The minimum absolute atomic E-state index is 0.0254. The number of rotatable bonds is 8. The zero-order valence-electron chi connectivity index (χ0n) is 16.1. The zero-order chi connectivity index (χ0) is 21.5. The number of hydrogen-bond acceptors (Lipinski definition) is 3. The quantitative estimate of drug-likeness (QED) is 0.562. The molecule has 6 heteroatoms. The van der Waals surface area contributed by atoms with Gasteiger partial charge in [0.05, 0.1) is 0 Å². The van der Waals surface area contributed by atoms with E-state index < -0.39 is 23.6 Å². The van der Waals surface area contributed by atoms with Crippen LogP contribution < -0.4 is 10.5 Å². The zero-order valence-corrected chi connectivity index (χ0v) is 16.1. The first-order valence-corrected chi connectivity index (χ1v) is 9.35. The lowest BCUT2D eigenvalue weighted by Crippen LogP contribution is -2.29. The molecule has 3 aromatic rings. The van der Waals surface area contributed by atoms with Gasteiger partial charge in [-0.2, -0.15) is 0 Å². The number of nitrogens with two attached hydrogens (primary N) is 1.